The second-order valence-electron chi connectivity index (χ2n) is 7.12. The van der Waals surface area contributed by atoms with E-state index in [1.54, 1.807) is 6.92 Å². The Morgan fingerprint density at radius 1 is 1.09 bits per heavy atom. The fourth-order valence-electron chi connectivity index (χ4n) is 3.84. The molecule has 2 aliphatic rings. The number of carbonyl (C=O) groups excluding carboxylic acids is 2. The first-order valence-electron chi connectivity index (χ1n) is 8.85. The molecule has 0 radical (unpaired) electrons. The summed E-state index contributed by atoms with van der Waals surface area (Å²) in [5.74, 6) is 0.0312. The number of hydrogen-bond acceptors (Lipinski definition) is 3. The van der Waals surface area contributed by atoms with E-state index in [4.69, 9.17) is 5.73 Å². The standard InChI is InChI=1S/C17H31N3O2/c1-14(16(22)20-10-6-3-7-11-20)19-15(21)12-17(13-18)8-4-2-5-9-17/h14H,2-13,18H2,1H3,(H,19,21). The molecule has 1 saturated carbocycles. The summed E-state index contributed by atoms with van der Waals surface area (Å²) in [6, 6.07) is -0.427. The zero-order chi connectivity index (χ0) is 16.0. The third kappa shape index (κ3) is 4.45. The summed E-state index contributed by atoms with van der Waals surface area (Å²) in [5.41, 5.74) is 5.89. The normalized spacial score (nSPS) is 22.9. The lowest BCUT2D eigenvalue weighted by Crippen LogP contribution is -2.49. The van der Waals surface area contributed by atoms with E-state index >= 15 is 0 Å². The predicted octanol–water partition coefficient (Wildman–Crippen LogP) is 1.80. The average molecular weight is 309 g/mol. The van der Waals surface area contributed by atoms with Crippen molar-refractivity contribution in [1.82, 2.24) is 10.2 Å². The van der Waals surface area contributed by atoms with Crippen LogP contribution in [0.4, 0.5) is 0 Å². The maximum Gasteiger partial charge on any atom is 0.244 e. The van der Waals surface area contributed by atoms with E-state index in [0.29, 0.717) is 13.0 Å². The van der Waals surface area contributed by atoms with Crippen LogP contribution in [0.2, 0.25) is 0 Å². The number of piperidine rings is 1. The number of likely N-dealkylation sites (tertiary alicyclic amines) is 1. The van der Waals surface area contributed by atoms with Crippen LogP contribution in [0.1, 0.15) is 64.7 Å². The summed E-state index contributed by atoms with van der Waals surface area (Å²) in [5, 5.41) is 2.90. The molecule has 1 atom stereocenters. The molecule has 1 unspecified atom stereocenters. The third-order valence-electron chi connectivity index (χ3n) is 5.30. The zero-order valence-corrected chi connectivity index (χ0v) is 13.9. The number of nitrogens with two attached hydrogens (primary N) is 1. The minimum atomic E-state index is -0.427. The number of nitrogens with one attached hydrogen (secondary N) is 1. The van der Waals surface area contributed by atoms with Crippen molar-refractivity contribution >= 4 is 11.8 Å². The van der Waals surface area contributed by atoms with Gasteiger partial charge in [-0.2, -0.15) is 0 Å². The maximum atomic E-state index is 12.4. The van der Waals surface area contributed by atoms with E-state index in [1.165, 1.54) is 12.8 Å². The largest absolute Gasteiger partial charge is 0.345 e. The van der Waals surface area contributed by atoms with Crippen LogP contribution in [0.25, 0.3) is 0 Å². The Kier molecular flexibility index (Phi) is 6.24. The Balaban J connectivity index is 1.83. The van der Waals surface area contributed by atoms with E-state index in [-0.39, 0.29) is 17.2 Å². The van der Waals surface area contributed by atoms with E-state index in [2.05, 4.69) is 5.32 Å². The number of hydrogen-bond donors (Lipinski definition) is 2. The van der Waals surface area contributed by atoms with Gasteiger partial charge in [-0.1, -0.05) is 19.3 Å². The van der Waals surface area contributed by atoms with Gasteiger partial charge in [0.1, 0.15) is 6.04 Å². The summed E-state index contributed by atoms with van der Waals surface area (Å²) >= 11 is 0. The molecule has 1 heterocycles. The molecule has 3 N–H and O–H groups in total. The molecule has 1 aliphatic heterocycles. The highest BCUT2D eigenvalue weighted by Gasteiger charge is 2.34. The molecular formula is C17H31N3O2. The molecule has 0 aromatic carbocycles. The van der Waals surface area contributed by atoms with Crippen LogP contribution in [-0.4, -0.2) is 42.4 Å². The van der Waals surface area contributed by atoms with E-state index in [1.807, 2.05) is 4.90 Å². The van der Waals surface area contributed by atoms with Gasteiger partial charge in [-0.15, -0.1) is 0 Å². The summed E-state index contributed by atoms with van der Waals surface area (Å²) in [6.45, 7) is 4.01. The van der Waals surface area contributed by atoms with Crippen molar-refractivity contribution in [2.24, 2.45) is 11.1 Å². The van der Waals surface area contributed by atoms with Gasteiger partial charge >= 0.3 is 0 Å². The molecular weight excluding hydrogens is 278 g/mol. The molecule has 0 spiro atoms. The van der Waals surface area contributed by atoms with Crippen LogP contribution < -0.4 is 11.1 Å². The van der Waals surface area contributed by atoms with Gasteiger partial charge in [0.05, 0.1) is 0 Å². The van der Waals surface area contributed by atoms with Gasteiger partial charge in [0.15, 0.2) is 0 Å². The first kappa shape index (κ1) is 17.3. The minimum Gasteiger partial charge on any atom is -0.345 e. The quantitative estimate of drug-likeness (QED) is 0.813. The highest BCUT2D eigenvalue weighted by atomic mass is 16.2. The molecule has 5 nitrogen and oxygen atoms in total. The Hall–Kier alpha value is -1.10. The molecule has 1 saturated heterocycles. The monoisotopic (exact) mass is 309 g/mol. The molecule has 5 heteroatoms. The van der Waals surface area contributed by atoms with Crippen molar-refractivity contribution in [2.45, 2.75) is 70.8 Å². The first-order valence-corrected chi connectivity index (χ1v) is 8.85. The third-order valence-corrected chi connectivity index (χ3v) is 5.30. The van der Waals surface area contributed by atoms with Gasteiger partial charge in [0.2, 0.25) is 11.8 Å². The van der Waals surface area contributed by atoms with E-state index < -0.39 is 6.04 Å². The van der Waals surface area contributed by atoms with E-state index in [9.17, 15) is 9.59 Å². The molecule has 126 valence electrons. The first-order chi connectivity index (χ1) is 10.6. The molecule has 0 aromatic heterocycles. The number of carbonyl (C=O) groups is 2. The average Bonchev–Trinajstić information content (AvgIpc) is 2.55. The van der Waals surface area contributed by atoms with Crippen LogP contribution in [0.5, 0.6) is 0 Å². The van der Waals surface area contributed by atoms with Gasteiger partial charge in [-0.05, 0) is 51.0 Å². The number of rotatable bonds is 5. The van der Waals surface area contributed by atoms with Crippen molar-refractivity contribution in [1.29, 1.82) is 0 Å². The van der Waals surface area contributed by atoms with Crippen molar-refractivity contribution in [2.75, 3.05) is 19.6 Å². The van der Waals surface area contributed by atoms with Crippen LogP contribution in [0.3, 0.4) is 0 Å². The van der Waals surface area contributed by atoms with Crippen molar-refractivity contribution in [3.63, 3.8) is 0 Å². The molecule has 0 aromatic rings. The Morgan fingerprint density at radius 2 is 1.68 bits per heavy atom. The Morgan fingerprint density at radius 3 is 2.27 bits per heavy atom. The van der Waals surface area contributed by atoms with Crippen LogP contribution >= 0.6 is 0 Å². The van der Waals surface area contributed by atoms with Crippen LogP contribution in [0.15, 0.2) is 0 Å². The molecule has 0 bridgehead atoms. The van der Waals surface area contributed by atoms with Crippen molar-refractivity contribution in [3.05, 3.63) is 0 Å². The maximum absolute atomic E-state index is 12.4. The topological polar surface area (TPSA) is 75.4 Å². The van der Waals surface area contributed by atoms with Crippen molar-refractivity contribution < 1.29 is 9.59 Å². The predicted molar refractivity (Wildman–Crippen MR) is 87.2 cm³/mol. The highest BCUT2D eigenvalue weighted by molar-refractivity contribution is 5.87. The SMILES string of the molecule is CC(NC(=O)CC1(CN)CCCCC1)C(=O)N1CCCCC1. The van der Waals surface area contributed by atoms with Gasteiger partial charge < -0.3 is 16.0 Å². The summed E-state index contributed by atoms with van der Waals surface area (Å²) in [6.07, 6.45) is 9.43. The minimum absolute atomic E-state index is 0.0230. The van der Waals surface area contributed by atoms with Gasteiger partial charge in [-0.3, -0.25) is 9.59 Å². The van der Waals surface area contributed by atoms with Gasteiger partial charge in [0.25, 0.3) is 0 Å². The smallest absolute Gasteiger partial charge is 0.244 e. The number of amides is 2. The molecule has 2 rings (SSSR count). The summed E-state index contributed by atoms with van der Waals surface area (Å²) < 4.78 is 0. The van der Waals surface area contributed by atoms with E-state index in [0.717, 1.165) is 51.6 Å². The molecule has 1 aliphatic carbocycles. The van der Waals surface area contributed by atoms with Gasteiger partial charge in [-0.25, -0.2) is 0 Å². The Labute approximate surface area is 134 Å². The summed E-state index contributed by atoms with van der Waals surface area (Å²) in [4.78, 5) is 26.6. The molecule has 2 fully saturated rings. The van der Waals surface area contributed by atoms with Crippen molar-refractivity contribution in [3.8, 4) is 0 Å². The zero-order valence-electron chi connectivity index (χ0n) is 13.9. The van der Waals surface area contributed by atoms with Crippen LogP contribution in [0, 0.1) is 5.41 Å². The second-order valence-corrected chi connectivity index (χ2v) is 7.12. The van der Waals surface area contributed by atoms with Crippen LogP contribution in [-0.2, 0) is 9.59 Å². The second kappa shape index (κ2) is 7.95. The highest BCUT2D eigenvalue weighted by Crippen LogP contribution is 2.38. The number of nitrogens with zero attached hydrogens (tertiary/aromatic N) is 1. The molecule has 22 heavy (non-hydrogen) atoms. The summed E-state index contributed by atoms with van der Waals surface area (Å²) in [7, 11) is 0. The fraction of sp³-hybridized carbons (Fsp3) is 0.882. The molecule has 2 amide bonds. The fourth-order valence-corrected chi connectivity index (χ4v) is 3.84. The van der Waals surface area contributed by atoms with Gasteiger partial charge in [0, 0.05) is 19.5 Å². The lowest BCUT2D eigenvalue weighted by atomic mass is 9.71. The Bertz CT molecular complexity index is 385. The lowest BCUT2D eigenvalue weighted by molar-refractivity contribution is -0.137. The lowest BCUT2D eigenvalue weighted by Gasteiger charge is -2.36.